The third-order valence-corrected chi connectivity index (χ3v) is 5.98. The molecule has 0 radical (unpaired) electrons. The van der Waals surface area contributed by atoms with Crippen molar-refractivity contribution < 1.29 is 23.8 Å². The Hall–Kier alpha value is -2.40. The summed E-state index contributed by atoms with van der Waals surface area (Å²) in [5.74, 6) is -1.59. The van der Waals surface area contributed by atoms with Crippen LogP contribution in [0.15, 0.2) is 36.4 Å². The van der Waals surface area contributed by atoms with E-state index in [4.69, 9.17) is 9.47 Å². The van der Waals surface area contributed by atoms with E-state index in [0.29, 0.717) is 12.5 Å². The molecule has 0 aromatic heterocycles. The Morgan fingerprint density at radius 2 is 1.90 bits per heavy atom. The van der Waals surface area contributed by atoms with E-state index in [1.54, 1.807) is 6.92 Å². The lowest BCUT2D eigenvalue weighted by molar-refractivity contribution is 0.00157. The van der Waals surface area contributed by atoms with Crippen LogP contribution in [0.2, 0.25) is 0 Å². The number of aryl methyl sites for hydroxylation is 1. The summed E-state index contributed by atoms with van der Waals surface area (Å²) in [6.45, 7) is 4.79. The van der Waals surface area contributed by atoms with Crippen LogP contribution in [-0.4, -0.2) is 30.2 Å². The number of aromatic hydroxyl groups is 1. The second kappa shape index (κ2) is 11.3. The van der Waals surface area contributed by atoms with Gasteiger partial charge in [0.25, 0.3) is 0 Å². The average Bonchev–Trinajstić information content (AvgIpc) is 2.78. The minimum atomic E-state index is -0.893. The van der Waals surface area contributed by atoms with Crippen molar-refractivity contribution in [1.82, 2.24) is 0 Å². The zero-order valence-corrected chi connectivity index (χ0v) is 18.5. The van der Waals surface area contributed by atoms with Crippen LogP contribution in [0, 0.1) is 5.82 Å². The summed E-state index contributed by atoms with van der Waals surface area (Å²) in [5.41, 5.74) is 2.63. The van der Waals surface area contributed by atoms with Crippen molar-refractivity contribution in [2.24, 2.45) is 0 Å². The van der Waals surface area contributed by atoms with Gasteiger partial charge in [-0.2, -0.15) is 4.39 Å². The molecular formula is C26H33FO4. The van der Waals surface area contributed by atoms with Gasteiger partial charge in [0, 0.05) is 12.3 Å². The smallest absolute Gasteiger partial charge is 0.207 e. The summed E-state index contributed by atoms with van der Waals surface area (Å²) in [6, 6.07) is 11.6. The van der Waals surface area contributed by atoms with Gasteiger partial charge < -0.3 is 14.6 Å². The van der Waals surface area contributed by atoms with Gasteiger partial charge in [0.15, 0.2) is 17.3 Å². The van der Waals surface area contributed by atoms with Crippen molar-refractivity contribution in [2.75, 3.05) is 13.2 Å². The molecule has 168 valence electrons. The predicted molar refractivity (Wildman–Crippen MR) is 120 cm³/mol. The van der Waals surface area contributed by atoms with Crippen LogP contribution < -0.4 is 4.74 Å². The van der Waals surface area contributed by atoms with E-state index < -0.39 is 11.6 Å². The van der Waals surface area contributed by atoms with Gasteiger partial charge in [0.2, 0.25) is 5.82 Å². The zero-order valence-electron chi connectivity index (χ0n) is 18.5. The van der Waals surface area contributed by atoms with Gasteiger partial charge in [-0.15, -0.1) is 0 Å². The monoisotopic (exact) mass is 428 g/mol. The molecule has 0 spiro atoms. The molecule has 5 heteroatoms. The number of hydrogen-bond donors (Lipinski definition) is 1. The van der Waals surface area contributed by atoms with Gasteiger partial charge in [-0.25, -0.2) is 0 Å². The topological polar surface area (TPSA) is 55.8 Å². The van der Waals surface area contributed by atoms with E-state index >= 15 is 0 Å². The van der Waals surface area contributed by atoms with Crippen LogP contribution in [0.4, 0.5) is 4.39 Å². The number of ketones is 1. The number of benzene rings is 2. The van der Waals surface area contributed by atoms with E-state index in [1.165, 1.54) is 42.5 Å². The van der Waals surface area contributed by atoms with Crippen LogP contribution in [0.5, 0.6) is 11.5 Å². The van der Waals surface area contributed by atoms with Crippen molar-refractivity contribution >= 4 is 5.78 Å². The van der Waals surface area contributed by atoms with Crippen molar-refractivity contribution in [2.45, 2.75) is 70.8 Å². The van der Waals surface area contributed by atoms with Gasteiger partial charge in [-0.1, -0.05) is 44.0 Å². The van der Waals surface area contributed by atoms with E-state index in [0.717, 1.165) is 19.3 Å². The average molecular weight is 429 g/mol. The van der Waals surface area contributed by atoms with Gasteiger partial charge in [0.1, 0.15) is 0 Å². The van der Waals surface area contributed by atoms with Gasteiger partial charge in [-0.3, -0.25) is 4.79 Å². The quantitative estimate of drug-likeness (QED) is 0.362. The minimum Gasteiger partial charge on any atom is -0.504 e. The molecule has 0 saturated carbocycles. The minimum absolute atomic E-state index is 0.0228. The summed E-state index contributed by atoms with van der Waals surface area (Å²) < 4.78 is 25.3. The molecule has 2 unspecified atom stereocenters. The summed E-state index contributed by atoms with van der Waals surface area (Å²) in [6.07, 6.45) is 6.46. The molecule has 1 heterocycles. The third-order valence-electron chi connectivity index (χ3n) is 5.98. The molecule has 2 atom stereocenters. The molecule has 1 aliphatic rings. The Morgan fingerprint density at radius 3 is 2.55 bits per heavy atom. The van der Waals surface area contributed by atoms with Crippen molar-refractivity contribution in [3.63, 3.8) is 0 Å². The number of hydrogen-bond acceptors (Lipinski definition) is 4. The van der Waals surface area contributed by atoms with Crippen molar-refractivity contribution in [3.05, 3.63) is 58.9 Å². The lowest BCUT2D eigenvalue weighted by Gasteiger charge is -2.29. The van der Waals surface area contributed by atoms with Crippen molar-refractivity contribution in [3.8, 4) is 11.5 Å². The summed E-state index contributed by atoms with van der Waals surface area (Å²) in [7, 11) is 0. The maximum absolute atomic E-state index is 14.2. The van der Waals surface area contributed by atoms with Crippen LogP contribution in [-0.2, 0) is 11.2 Å². The number of phenols is 1. The molecule has 0 aliphatic carbocycles. The Labute approximate surface area is 184 Å². The van der Waals surface area contributed by atoms with Gasteiger partial charge in [-0.05, 0) is 55.9 Å². The zero-order chi connectivity index (χ0) is 22.2. The van der Waals surface area contributed by atoms with Gasteiger partial charge in [0.05, 0.1) is 24.9 Å². The number of carbonyl (C=O) groups is 1. The molecule has 3 rings (SSSR count). The molecule has 4 nitrogen and oxygen atoms in total. The number of Topliss-reactive ketones (excluding diaryl/α,β-unsaturated/α-hetero) is 1. The number of rotatable bonds is 10. The van der Waals surface area contributed by atoms with Crippen LogP contribution in [0.3, 0.4) is 0 Å². The molecular weight excluding hydrogens is 395 g/mol. The summed E-state index contributed by atoms with van der Waals surface area (Å²) in [4.78, 5) is 12.6. The Bertz CT molecular complexity index is 854. The molecule has 1 fully saturated rings. The van der Waals surface area contributed by atoms with Crippen molar-refractivity contribution in [1.29, 1.82) is 0 Å². The molecule has 31 heavy (non-hydrogen) atoms. The molecule has 1 aliphatic heterocycles. The standard InChI is InChI=1S/C26H33FO4/c1-3-5-6-7-18-8-10-19(11-9-18)20-12-13-21(31-17-20)16-23(28)22-14-15-24(30-4-2)25(27)26(22)29/h8-11,14-15,20-21,29H,3-7,12-13,16-17H2,1-2H3. The van der Waals surface area contributed by atoms with E-state index in [1.807, 2.05) is 0 Å². The highest BCUT2D eigenvalue weighted by atomic mass is 19.1. The lowest BCUT2D eigenvalue weighted by atomic mass is 9.89. The second-order valence-corrected chi connectivity index (χ2v) is 8.26. The highest BCUT2D eigenvalue weighted by molar-refractivity contribution is 5.99. The lowest BCUT2D eigenvalue weighted by Crippen LogP contribution is -2.27. The molecule has 2 aromatic carbocycles. The van der Waals surface area contributed by atoms with E-state index in [2.05, 4.69) is 31.2 Å². The van der Waals surface area contributed by atoms with E-state index in [9.17, 15) is 14.3 Å². The number of halogens is 1. The van der Waals surface area contributed by atoms with E-state index in [-0.39, 0.29) is 36.2 Å². The predicted octanol–water partition coefficient (Wildman–Crippen LogP) is 6.20. The number of unbranched alkanes of at least 4 members (excludes halogenated alkanes) is 2. The van der Waals surface area contributed by atoms with Crippen LogP contribution in [0.25, 0.3) is 0 Å². The number of carbonyl (C=O) groups excluding carboxylic acids is 1. The third kappa shape index (κ3) is 6.07. The number of ether oxygens (including phenoxy) is 2. The fraction of sp³-hybridized carbons (Fsp3) is 0.500. The maximum atomic E-state index is 14.2. The first-order valence-electron chi connectivity index (χ1n) is 11.4. The normalized spacial score (nSPS) is 18.7. The molecule has 1 saturated heterocycles. The largest absolute Gasteiger partial charge is 0.504 e. The highest BCUT2D eigenvalue weighted by Gasteiger charge is 2.27. The Kier molecular flexibility index (Phi) is 8.47. The maximum Gasteiger partial charge on any atom is 0.207 e. The first-order chi connectivity index (χ1) is 15.0. The summed E-state index contributed by atoms with van der Waals surface area (Å²) >= 11 is 0. The Balaban J connectivity index is 1.52. The number of phenolic OH excluding ortho intramolecular Hbond substituents is 1. The first kappa shape index (κ1) is 23.3. The fourth-order valence-corrected chi connectivity index (χ4v) is 4.12. The van der Waals surface area contributed by atoms with Crippen LogP contribution >= 0.6 is 0 Å². The Morgan fingerprint density at radius 1 is 1.13 bits per heavy atom. The second-order valence-electron chi connectivity index (χ2n) is 8.26. The van der Waals surface area contributed by atoms with Crippen LogP contribution in [0.1, 0.15) is 79.8 Å². The highest BCUT2D eigenvalue weighted by Crippen LogP contribution is 2.33. The molecule has 0 bridgehead atoms. The first-order valence-corrected chi connectivity index (χ1v) is 11.4. The molecule has 0 amide bonds. The fourth-order valence-electron chi connectivity index (χ4n) is 4.12. The molecule has 2 aromatic rings. The van der Waals surface area contributed by atoms with Gasteiger partial charge >= 0.3 is 0 Å². The summed E-state index contributed by atoms with van der Waals surface area (Å²) in [5, 5.41) is 10.1. The molecule has 1 N–H and O–H groups in total. The SMILES string of the molecule is CCCCCc1ccc(C2CCC(CC(=O)c3ccc(OCC)c(F)c3O)OC2)cc1.